The molecule has 3 aromatic carbocycles. The Morgan fingerprint density at radius 3 is 2.54 bits per heavy atom. The Bertz CT molecular complexity index is 2130. The Balaban J connectivity index is 1.32. The third-order valence-electron chi connectivity index (χ3n) is 12.3. The van der Waals surface area contributed by atoms with Crippen molar-refractivity contribution in [1.82, 2.24) is 15.1 Å². The van der Waals surface area contributed by atoms with Crippen LogP contribution in [0.1, 0.15) is 68.8 Å². The van der Waals surface area contributed by atoms with Gasteiger partial charge in [-0.3, -0.25) is 19.9 Å². The van der Waals surface area contributed by atoms with E-state index in [2.05, 4.69) is 10.2 Å². The average molecular weight is 762 g/mol. The molecule has 54 heavy (non-hydrogen) atoms. The van der Waals surface area contributed by atoms with E-state index in [0.29, 0.717) is 70.2 Å². The molecule has 3 aromatic rings. The number of carbonyl (C=O) groups is 2. The maximum absolute atomic E-state index is 14.7. The molecule has 286 valence electrons. The minimum atomic E-state index is -1.36. The van der Waals surface area contributed by atoms with Gasteiger partial charge >= 0.3 is 11.9 Å². The number of fused-ring (bicyclic) bond motifs is 9. The number of methoxy groups -OCH3 is 2. The molecule has 4 bridgehead atoms. The predicted octanol–water partition coefficient (Wildman–Crippen LogP) is 3.41. The van der Waals surface area contributed by atoms with Gasteiger partial charge in [-0.15, -0.1) is 11.8 Å². The summed E-state index contributed by atoms with van der Waals surface area (Å²) in [7, 11) is 4.96. The predicted molar refractivity (Wildman–Crippen MR) is 195 cm³/mol. The number of piperazine rings is 1. The lowest BCUT2D eigenvalue weighted by Crippen LogP contribution is -2.70. The van der Waals surface area contributed by atoms with Crippen molar-refractivity contribution in [3.05, 3.63) is 62.7 Å². The van der Waals surface area contributed by atoms with Gasteiger partial charge in [-0.05, 0) is 68.1 Å². The number of aromatic hydroxyl groups is 2. The smallest absolute Gasteiger partial charge is 0.331 e. The number of hydrogen-bond donors (Lipinski definition) is 4. The zero-order valence-electron chi connectivity index (χ0n) is 30.8. The Kier molecular flexibility index (Phi) is 8.21. The quantitative estimate of drug-likeness (QED) is 0.226. The van der Waals surface area contributed by atoms with Gasteiger partial charge in [0.05, 0.1) is 37.6 Å². The van der Waals surface area contributed by atoms with E-state index in [9.17, 15) is 24.9 Å². The van der Waals surface area contributed by atoms with Crippen LogP contribution < -0.4 is 29.0 Å². The summed E-state index contributed by atoms with van der Waals surface area (Å²) in [6.45, 7) is 5.26. The standard InChI is InChI=1S/C39H43N3O11S/c1-16-9-20-10-22-37(46)42-23-13-50-38(47)39(21-12-25(48-5)24(44)11-19(21)7-8-40-39)14-54-36(30(42)29(41(22)4)26(20)31(45)32(16)49-6)28-27(23)35-34(51-15-52-35)17(2)33(28)53-18(3)43/h9,11-12,22-23,29-30,36-37,40,44-46H,7-8,10,13-15H2,1-6H3/t22-,23+,29+,30+,36+,37?,39+/m0/s1. The maximum Gasteiger partial charge on any atom is 0.331 e. The second-order valence-corrected chi connectivity index (χ2v) is 16.1. The van der Waals surface area contributed by atoms with Crippen molar-refractivity contribution in [2.24, 2.45) is 0 Å². The van der Waals surface area contributed by atoms with Gasteiger partial charge in [0.25, 0.3) is 0 Å². The SMILES string of the molecule is COc1cc2c(cc1O)CCN[C@]21CS[C@@H]2c3c(OC(C)=O)c(C)c4c(c3[C@@H](COC1=O)N1C(O)[C@@H]3Cc5cc(C)c(OC)c(O)c5[C@H]([C@H]21)N3C)OCO4. The van der Waals surface area contributed by atoms with Crippen molar-refractivity contribution < 1.29 is 53.3 Å². The Morgan fingerprint density at radius 2 is 1.80 bits per heavy atom. The lowest BCUT2D eigenvalue weighted by atomic mass is 9.73. The number of aliphatic hydroxyl groups is 1. The lowest BCUT2D eigenvalue weighted by molar-refractivity contribution is -0.186. The highest BCUT2D eigenvalue weighted by Gasteiger charge is 2.61. The van der Waals surface area contributed by atoms with E-state index < -0.39 is 47.1 Å². The molecule has 15 heteroatoms. The first-order valence-electron chi connectivity index (χ1n) is 18.1. The normalized spacial score (nSPS) is 29.4. The molecule has 0 aromatic heterocycles. The summed E-state index contributed by atoms with van der Waals surface area (Å²) in [5.41, 5.74) is 4.36. The first kappa shape index (κ1) is 35.3. The van der Waals surface area contributed by atoms with E-state index >= 15 is 0 Å². The third-order valence-corrected chi connectivity index (χ3v) is 13.7. The summed E-state index contributed by atoms with van der Waals surface area (Å²) in [6, 6.07) is 3.13. The second-order valence-electron chi connectivity index (χ2n) is 14.9. The van der Waals surface area contributed by atoms with Gasteiger partial charge in [-0.1, -0.05) is 6.07 Å². The Labute approximate surface area is 316 Å². The van der Waals surface area contributed by atoms with Crippen molar-refractivity contribution in [3.8, 4) is 40.2 Å². The summed E-state index contributed by atoms with van der Waals surface area (Å²) in [5, 5.41) is 38.2. The number of esters is 2. The van der Waals surface area contributed by atoms with E-state index in [1.165, 1.54) is 32.9 Å². The van der Waals surface area contributed by atoms with Crippen LogP contribution in [0.4, 0.5) is 0 Å². The number of rotatable bonds is 3. The molecule has 4 N–H and O–H groups in total. The summed E-state index contributed by atoms with van der Waals surface area (Å²) in [4.78, 5) is 31.7. The molecule has 7 atom stereocenters. The van der Waals surface area contributed by atoms with Crippen molar-refractivity contribution >= 4 is 23.7 Å². The summed E-state index contributed by atoms with van der Waals surface area (Å²) < 4.78 is 35.9. The second kappa shape index (κ2) is 12.6. The first-order chi connectivity index (χ1) is 25.9. The number of phenolic OH excluding ortho intramolecular Hbond substituents is 2. The van der Waals surface area contributed by atoms with E-state index in [1.807, 2.05) is 31.9 Å². The number of carbonyl (C=O) groups excluding carboxylic acids is 2. The Hall–Kier alpha value is -4.41. The molecule has 0 saturated carbocycles. The van der Waals surface area contributed by atoms with Gasteiger partial charge in [0, 0.05) is 47.5 Å². The summed E-state index contributed by atoms with van der Waals surface area (Å²) >= 11 is 1.47. The lowest BCUT2D eigenvalue weighted by Gasteiger charge is -2.62. The van der Waals surface area contributed by atoms with Gasteiger partial charge in [0.15, 0.2) is 40.0 Å². The number of ether oxygens (including phenoxy) is 6. The summed E-state index contributed by atoms with van der Waals surface area (Å²) in [5.74, 6) is 0.949. The maximum atomic E-state index is 14.7. The number of aliphatic hydroxyl groups excluding tert-OH is 1. The highest BCUT2D eigenvalue weighted by molar-refractivity contribution is 7.99. The third kappa shape index (κ3) is 4.74. The van der Waals surface area contributed by atoms with Gasteiger partial charge in [-0.2, -0.15) is 0 Å². The number of hydrogen-bond acceptors (Lipinski definition) is 15. The van der Waals surface area contributed by atoms with Crippen LogP contribution in [-0.2, 0) is 32.7 Å². The minimum Gasteiger partial charge on any atom is -0.504 e. The van der Waals surface area contributed by atoms with Crippen molar-refractivity contribution in [1.29, 1.82) is 0 Å². The number of nitrogens with zero attached hydrogens (tertiary/aromatic N) is 2. The van der Waals surface area contributed by atoms with Crippen LogP contribution in [0.2, 0.25) is 0 Å². The van der Waals surface area contributed by atoms with E-state index in [-0.39, 0.29) is 42.4 Å². The molecule has 1 unspecified atom stereocenters. The zero-order chi connectivity index (χ0) is 38.0. The number of phenols is 2. The molecule has 2 saturated heterocycles. The fraction of sp³-hybridized carbons (Fsp3) is 0.487. The number of thioether (sulfide) groups is 1. The van der Waals surface area contributed by atoms with Crippen LogP contribution in [-0.4, -0.2) is 102 Å². The summed E-state index contributed by atoms with van der Waals surface area (Å²) in [6.07, 6.45) is -0.0282. The van der Waals surface area contributed by atoms with Gasteiger partial charge < -0.3 is 43.7 Å². The molecule has 0 radical (unpaired) electrons. The van der Waals surface area contributed by atoms with Crippen LogP contribution in [0.15, 0.2) is 18.2 Å². The van der Waals surface area contributed by atoms with Crippen LogP contribution in [0, 0.1) is 13.8 Å². The number of likely N-dealkylation sites (N-methyl/N-ethyl adjacent to an activating group) is 1. The van der Waals surface area contributed by atoms with Crippen LogP contribution in [0.3, 0.4) is 0 Å². The van der Waals surface area contributed by atoms with E-state index in [1.54, 1.807) is 12.1 Å². The zero-order valence-corrected chi connectivity index (χ0v) is 31.7. The van der Waals surface area contributed by atoms with Gasteiger partial charge in [-0.25, -0.2) is 4.79 Å². The fourth-order valence-corrected chi connectivity index (χ4v) is 11.7. The molecule has 7 heterocycles. The molecule has 0 amide bonds. The Morgan fingerprint density at radius 1 is 1.02 bits per heavy atom. The van der Waals surface area contributed by atoms with Gasteiger partial charge in [0.1, 0.15) is 18.6 Å². The molecule has 14 nitrogen and oxygen atoms in total. The van der Waals surface area contributed by atoms with E-state index in [0.717, 1.165) is 16.7 Å². The molecule has 7 aliphatic heterocycles. The van der Waals surface area contributed by atoms with Crippen molar-refractivity contribution in [3.63, 3.8) is 0 Å². The highest BCUT2D eigenvalue weighted by Crippen LogP contribution is 2.64. The monoisotopic (exact) mass is 761 g/mol. The number of nitrogens with one attached hydrogen (secondary N) is 1. The molecular formula is C39H43N3O11S. The molecule has 1 spiro atoms. The van der Waals surface area contributed by atoms with E-state index in [4.69, 9.17) is 28.4 Å². The van der Waals surface area contributed by atoms with Crippen molar-refractivity contribution in [2.75, 3.05) is 47.0 Å². The van der Waals surface area contributed by atoms with Crippen LogP contribution in [0.25, 0.3) is 0 Å². The largest absolute Gasteiger partial charge is 0.504 e. The number of benzene rings is 3. The molecule has 0 aliphatic carbocycles. The number of aryl methyl sites for hydroxylation is 1. The van der Waals surface area contributed by atoms with Gasteiger partial charge in [0.2, 0.25) is 6.79 Å². The molecule has 7 aliphatic rings. The topological polar surface area (TPSA) is 169 Å². The van der Waals surface area contributed by atoms with Crippen molar-refractivity contribution in [2.45, 2.75) is 74.8 Å². The average Bonchev–Trinajstić information content (AvgIpc) is 3.63. The van der Waals surface area contributed by atoms with Crippen LogP contribution >= 0.6 is 11.8 Å². The fourth-order valence-electron chi connectivity index (χ4n) is 10.00. The van der Waals surface area contributed by atoms with Crippen LogP contribution in [0.5, 0.6) is 40.2 Å². The highest BCUT2D eigenvalue weighted by atomic mass is 32.2. The minimum absolute atomic E-state index is 0.0226. The first-order valence-corrected chi connectivity index (χ1v) is 19.1. The molecule has 2 fully saturated rings. The molecule has 10 rings (SSSR count). The molecular weight excluding hydrogens is 719 g/mol.